The molecule has 0 fully saturated rings. The maximum Gasteiger partial charge on any atom is 0.230 e. The molecule has 0 bridgehead atoms. The number of hydrogen-bond donors (Lipinski definition) is 0. The van der Waals surface area contributed by atoms with Crippen molar-refractivity contribution in [1.82, 2.24) is 4.98 Å². The first-order valence-electron chi connectivity index (χ1n) is 10.5. The molecular formula is C24H24N2O5S2. The Labute approximate surface area is 196 Å². The van der Waals surface area contributed by atoms with Gasteiger partial charge in [0.2, 0.25) is 5.91 Å². The fourth-order valence-corrected chi connectivity index (χ4v) is 5.55. The predicted octanol–water partition coefficient (Wildman–Crippen LogP) is 4.99. The molecule has 0 N–H and O–H groups in total. The van der Waals surface area contributed by atoms with Crippen LogP contribution < -0.4 is 9.64 Å². The second-order valence-corrected chi connectivity index (χ2v) is 10.6. The number of aromatic nitrogens is 1. The molecule has 0 saturated carbocycles. The summed E-state index contributed by atoms with van der Waals surface area (Å²) in [6.07, 6.45) is 1.36. The number of anilines is 1. The van der Waals surface area contributed by atoms with E-state index < -0.39 is 9.84 Å². The third-order valence-electron chi connectivity index (χ3n) is 5.05. The molecule has 172 valence electrons. The first-order chi connectivity index (χ1) is 15.9. The van der Waals surface area contributed by atoms with Crippen LogP contribution in [0.3, 0.4) is 0 Å². The molecule has 7 nitrogen and oxygen atoms in total. The second kappa shape index (κ2) is 9.76. The fourth-order valence-electron chi connectivity index (χ4n) is 3.31. The summed E-state index contributed by atoms with van der Waals surface area (Å²) in [5.74, 6) is 0.682. The van der Waals surface area contributed by atoms with E-state index in [4.69, 9.17) is 9.15 Å². The minimum Gasteiger partial charge on any atom is -0.494 e. The SMILES string of the molecule is CCOc1ccc2nc(N(Cc3ccco3)C(=O)CCS(=O)(=O)c3ccc(C)cc3)sc2c1. The molecule has 0 atom stereocenters. The molecule has 0 saturated heterocycles. The summed E-state index contributed by atoms with van der Waals surface area (Å²) in [4.78, 5) is 19.5. The van der Waals surface area contributed by atoms with Crippen molar-refractivity contribution in [3.05, 3.63) is 72.2 Å². The van der Waals surface area contributed by atoms with Crippen LogP contribution in [0.15, 0.2) is 70.2 Å². The van der Waals surface area contributed by atoms with Gasteiger partial charge in [-0.05, 0) is 56.3 Å². The first kappa shape index (κ1) is 23.0. The Hall–Kier alpha value is -3.17. The van der Waals surface area contributed by atoms with E-state index in [1.54, 1.807) is 36.4 Å². The van der Waals surface area contributed by atoms with E-state index in [1.807, 2.05) is 32.0 Å². The van der Waals surface area contributed by atoms with E-state index in [2.05, 4.69) is 4.98 Å². The van der Waals surface area contributed by atoms with E-state index in [-0.39, 0.29) is 29.5 Å². The molecule has 9 heteroatoms. The number of benzene rings is 2. The van der Waals surface area contributed by atoms with E-state index in [9.17, 15) is 13.2 Å². The van der Waals surface area contributed by atoms with Gasteiger partial charge in [0.1, 0.15) is 11.5 Å². The molecule has 0 unspecified atom stereocenters. The summed E-state index contributed by atoms with van der Waals surface area (Å²) in [5.41, 5.74) is 1.71. The Balaban J connectivity index is 1.58. The predicted molar refractivity (Wildman–Crippen MR) is 129 cm³/mol. The van der Waals surface area contributed by atoms with E-state index in [1.165, 1.54) is 22.5 Å². The number of nitrogens with zero attached hydrogens (tertiary/aromatic N) is 2. The van der Waals surface area contributed by atoms with Gasteiger partial charge in [0.25, 0.3) is 0 Å². The Morgan fingerprint density at radius 2 is 1.94 bits per heavy atom. The van der Waals surface area contributed by atoms with Crippen molar-refractivity contribution >= 4 is 42.4 Å². The maximum atomic E-state index is 13.2. The highest BCUT2D eigenvalue weighted by Gasteiger charge is 2.24. The van der Waals surface area contributed by atoms with Crippen molar-refractivity contribution in [2.24, 2.45) is 0 Å². The highest BCUT2D eigenvalue weighted by atomic mass is 32.2. The summed E-state index contributed by atoms with van der Waals surface area (Å²) in [7, 11) is -3.59. The summed E-state index contributed by atoms with van der Waals surface area (Å²) < 4.78 is 37.4. The summed E-state index contributed by atoms with van der Waals surface area (Å²) in [5, 5.41) is 0.479. The van der Waals surface area contributed by atoms with Gasteiger partial charge in [0, 0.05) is 6.42 Å². The zero-order valence-corrected chi connectivity index (χ0v) is 20.0. The topological polar surface area (TPSA) is 89.7 Å². The number of carbonyl (C=O) groups excluding carboxylic acids is 1. The summed E-state index contributed by atoms with van der Waals surface area (Å²) >= 11 is 1.35. The normalized spacial score (nSPS) is 11.6. The van der Waals surface area contributed by atoms with Crippen molar-refractivity contribution < 1.29 is 22.4 Å². The minimum absolute atomic E-state index is 0.161. The number of aryl methyl sites for hydroxylation is 1. The van der Waals surface area contributed by atoms with Gasteiger partial charge in [-0.25, -0.2) is 13.4 Å². The van der Waals surface area contributed by atoms with Gasteiger partial charge in [-0.2, -0.15) is 0 Å². The second-order valence-electron chi connectivity index (χ2n) is 7.50. The van der Waals surface area contributed by atoms with Gasteiger partial charge < -0.3 is 9.15 Å². The standard InChI is InChI=1S/C24H24N2O5S2/c1-3-30-18-8-11-21-22(15-18)32-24(25-21)26(16-19-5-4-13-31-19)23(27)12-14-33(28,29)20-9-6-17(2)7-10-20/h4-11,13,15H,3,12,14,16H2,1-2H3. The van der Waals surface area contributed by atoms with Gasteiger partial charge >= 0.3 is 0 Å². The smallest absolute Gasteiger partial charge is 0.230 e. The molecule has 0 aliphatic carbocycles. The van der Waals surface area contributed by atoms with Crippen LogP contribution in [0.4, 0.5) is 5.13 Å². The molecule has 33 heavy (non-hydrogen) atoms. The molecule has 4 rings (SSSR count). The summed E-state index contributed by atoms with van der Waals surface area (Å²) in [6.45, 7) is 4.52. The number of rotatable bonds is 9. The number of carbonyl (C=O) groups is 1. The molecule has 0 aliphatic rings. The van der Waals surface area contributed by atoms with Crippen LogP contribution in [0, 0.1) is 6.92 Å². The molecule has 1 amide bonds. The number of ether oxygens (including phenoxy) is 1. The Bertz CT molecular complexity index is 1340. The van der Waals surface area contributed by atoms with Crippen LogP contribution in [0.2, 0.25) is 0 Å². The number of thiazole rings is 1. The number of amides is 1. The quantitative estimate of drug-likeness (QED) is 0.332. The average Bonchev–Trinajstić information content (AvgIpc) is 3.46. The number of hydrogen-bond acceptors (Lipinski definition) is 7. The lowest BCUT2D eigenvalue weighted by molar-refractivity contribution is -0.118. The molecule has 0 aliphatic heterocycles. The number of furan rings is 1. The van der Waals surface area contributed by atoms with Crippen LogP contribution >= 0.6 is 11.3 Å². The fraction of sp³-hybridized carbons (Fsp3) is 0.250. The third kappa shape index (κ3) is 5.43. The lowest BCUT2D eigenvalue weighted by atomic mass is 10.2. The van der Waals surface area contributed by atoms with Crippen molar-refractivity contribution in [3.8, 4) is 5.75 Å². The van der Waals surface area contributed by atoms with Crippen molar-refractivity contribution in [2.45, 2.75) is 31.7 Å². The van der Waals surface area contributed by atoms with E-state index >= 15 is 0 Å². The van der Waals surface area contributed by atoms with Crippen molar-refractivity contribution in [2.75, 3.05) is 17.3 Å². The van der Waals surface area contributed by atoms with E-state index in [0.29, 0.717) is 17.5 Å². The highest BCUT2D eigenvalue weighted by Crippen LogP contribution is 2.33. The van der Waals surface area contributed by atoms with Gasteiger partial charge in [-0.3, -0.25) is 9.69 Å². The Kier molecular flexibility index (Phi) is 6.80. The third-order valence-corrected chi connectivity index (χ3v) is 7.82. The van der Waals surface area contributed by atoms with Crippen molar-refractivity contribution in [3.63, 3.8) is 0 Å². The van der Waals surface area contributed by atoms with Gasteiger partial charge in [0.15, 0.2) is 15.0 Å². The van der Waals surface area contributed by atoms with Gasteiger partial charge in [-0.1, -0.05) is 29.0 Å². The van der Waals surface area contributed by atoms with Crippen molar-refractivity contribution in [1.29, 1.82) is 0 Å². The van der Waals surface area contributed by atoms with Crippen LogP contribution in [0.1, 0.15) is 24.7 Å². The molecule has 2 aromatic heterocycles. The van der Waals surface area contributed by atoms with Crippen LogP contribution in [0.25, 0.3) is 10.2 Å². The van der Waals surface area contributed by atoms with Crippen LogP contribution in [-0.2, 0) is 21.2 Å². The lowest BCUT2D eigenvalue weighted by Gasteiger charge is -2.18. The average molecular weight is 485 g/mol. The van der Waals surface area contributed by atoms with Gasteiger partial charge in [-0.15, -0.1) is 0 Å². The maximum absolute atomic E-state index is 13.2. The monoisotopic (exact) mass is 484 g/mol. The number of sulfone groups is 1. The van der Waals surface area contributed by atoms with Crippen LogP contribution in [0.5, 0.6) is 5.75 Å². The molecule has 0 radical (unpaired) electrons. The summed E-state index contributed by atoms with van der Waals surface area (Å²) in [6, 6.07) is 15.7. The van der Waals surface area contributed by atoms with Gasteiger partial charge in [0.05, 0.1) is 40.3 Å². The Morgan fingerprint density at radius 3 is 2.64 bits per heavy atom. The van der Waals surface area contributed by atoms with E-state index in [0.717, 1.165) is 21.5 Å². The molecule has 0 spiro atoms. The molecule has 2 aromatic carbocycles. The zero-order chi connectivity index (χ0) is 23.4. The largest absolute Gasteiger partial charge is 0.494 e. The molecular weight excluding hydrogens is 460 g/mol. The zero-order valence-electron chi connectivity index (χ0n) is 18.4. The highest BCUT2D eigenvalue weighted by molar-refractivity contribution is 7.91. The van der Waals surface area contributed by atoms with Crippen LogP contribution in [-0.4, -0.2) is 31.7 Å². The molecule has 2 heterocycles. The lowest BCUT2D eigenvalue weighted by Crippen LogP contribution is -2.31. The molecule has 4 aromatic rings. The minimum atomic E-state index is -3.59. The Morgan fingerprint density at radius 1 is 1.15 bits per heavy atom. The number of fused-ring (bicyclic) bond motifs is 1. The first-order valence-corrected chi connectivity index (χ1v) is 13.0.